The standard InChI is InChI=1S/C16H14Cl2FN5O/c1-9-14(18)15(23(2)21-9)16(25)20-13-6-7-24(22-13)8-10-11(17)4-3-5-12(10)19/h3-7H,8H2,1-2H3,(H,20,22,25). The van der Waals surface area contributed by atoms with E-state index in [0.29, 0.717) is 22.1 Å². The van der Waals surface area contributed by atoms with Crippen LogP contribution in [-0.4, -0.2) is 25.5 Å². The van der Waals surface area contributed by atoms with Crippen molar-refractivity contribution in [3.05, 3.63) is 63.3 Å². The van der Waals surface area contributed by atoms with Gasteiger partial charge >= 0.3 is 0 Å². The van der Waals surface area contributed by atoms with E-state index in [-0.39, 0.29) is 17.3 Å². The first-order valence-electron chi connectivity index (χ1n) is 7.33. The van der Waals surface area contributed by atoms with Crippen molar-refractivity contribution in [1.29, 1.82) is 0 Å². The molecule has 0 aliphatic rings. The molecule has 0 bridgehead atoms. The minimum Gasteiger partial charge on any atom is -0.304 e. The van der Waals surface area contributed by atoms with Crippen LogP contribution < -0.4 is 5.32 Å². The van der Waals surface area contributed by atoms with E-state index in [1.165, 1.54) is 21.5 Å². The summed E-state index contributed by atoms with van der Waals surface area (Å²) in [5.41, 5.74) is 1.13. The molecule has 0 spiro atoms. The number of halogens is 3. The highest BCUT2D eigenvalue weighted by Crippen LogP contribution is 2.22. The van der Waals surface area contributed by atoms with Crippen LogP contribution in [0.1, 0.15) is 21.7 Å². The van der Waals surface area contributed by atoms with Crippen LogP contribution in [0.2, 0.25) is 10.0 Å². The Morgan fingerprint density at radius 1 is 1.28 bits per heavy atom. The second-order valence-corrected chi connectivity index (χ2v) is 6.21. The summed E-state index contributed by atoms with van der Waals surface area (Å²) in [6.45, 7) is 1.86. The molecule has 0 unspecified atom stereocenters. The van der Waals surface area contributed by atoms with E-state index in [2.05, 4.69) is 15.5 Å². The molecule has 1 N–H and O–H groups in total. The zero-order valence-electron chi connectivity index (χ0n) is 13.4. The van der Waals surface area contributed by atoms with Crippen LogP contribution >= 0.6 is 23.2 Å². The molecule has 3 aromatic rings. The largest absolute Gasteiger partial charge is 0.304 e. The van der Waals surface area contributed by atoms with Crippen LogP contribution in [0.3, 0.4) is 0 Å². The van der Waals surface area contributed by atoms with Gasteiger partial charge in [0.05, 0.1) is 17.3 Å². The third kappa shape index (κ3) is 3.52. The average molecular weight is 382 g/mol. The molecule has 0 radical (unpaired) electrons. The Morgan fingerprint density at radius 3 is 2.68 bits per heavy atom. The van der Waals surface area contributed by atoms with Crippen molar-refractivity contribution >= 4 is 34.9 Å². The number of carbonyl (C=O) groups is 1. The van der Waals surface area contributed by atoms with E-state index in [9.17, 15) is 9.18 Å². The van der Waals surface area contributed by atoms with Crippen molar-refractivity contribution in [3.8, 4) is 0 Å². The van der Waals surface area contributed by atoms with E-state index in [1.54, 1.807) is 32.3 Å². The molecule has 9 heteroatoms. The second kappa shape index (κ2) is 6.85. The van der Waals surface area contributed by atoms with E-state index in [1.807, 2.05) is 0 Å². The number of benzene rings is 1. The molecule has 1 aromatic carbocycles. The lowest BCUT2D eigenvalue weighted by atomic mass is 10.2. The van der Waals surface area contributed by atoms with Crippen molar-refractivity contribution in [2.45, 2.75) is 13.5 Å². The number of anilines is 1. The average Bonchev–Trinajstić information content (AvgIpc) is 3.08. The molecular weight excluding hydrogens is 368 g/mol. The van der Waals surface area contributed by atoms with Crippen molar-refractivity contribution in [2.24, 2.45) is 7.05 Å². The minimum absolute atomic E-state index is 0.146. The number of hydrogen-bond acceptors (Lipinski definition) is 3. The van der Waals surface area contributed by atoms with Crippen molar-refractivity contribution in [1.82, 2.24) is 19.6 Å². The van der Waals surface area contributed by atoms with Gasteiger partial charge in [-0.15, -0.1) is 0 Å². The lowest BCUT2D eigenvalue weighted by molar-refractivity contribution is 0.101. The van der Waals surface area contributed by atoms with Gasteiger partial charge in [-0.2, -0.15) is 10.2 Å². The molecule has 0 atom stereocenters. The Bertz CT molecular complexity index is 930. The molecular formula is C16H14Cl2FN5O. The SMILES string of the molecule is Cc1nn(C)c(C(=O)Nc2ccn(Cc3c(F)cccc3Cl)n2)c1Cl. The Labute approximate surface area is 153 Å². The van der Waals surface area contributed by atoms with Crippen LogP contribution in [0.4, 0.5) is 10.2 Å². The minimum atomic E-state index is -0.428. The van der Waals surface area contributed by atoms with E-state index >= 15 is 0 Å². The van der Waals surface area contributed by atoms with Crippen LogP contribution in [0.5, 0.6) is 0 Å². The fourth-order valence-electron chi connectivity index (χ4n) is 2.42. The first kappa shape index (κ1) is 17.4. The Balaban J connectivity index is 1.77. The zero-order chi connectivity index (χ0) is 18.1. The van der Waals surface area contributed by atoms with Crippen molar-refractivity contribution in [3.63, 3.8) is 0 Å². The number of nitrogens with one attached hydrogen (secondary N) is 1. The second-order valence-electron chi connectivity index (χ2n) is 5.42. The lowest BCUT2D eigenvalue weighted by Crippen LogP contribution is -2.17. The van der Waals surface area contributed by atoms with Crippen molar-refractivity contribution < 1.29 is 9.18 Å². The summed E-state index contributed by atoms with van der Waals surface area (Å²) in [7, 11) is 1.63. The number of aryl methyl sites for hydroxylation is 2. The molecule has 3 rings (SSSR count). The van der Waals surface area contributed by atoms with Crippen LogP contribution in [-0.2, 0) is 13.6 Å². The molecule has 130 valence electrons. The number of rotatable bonds is 4. The molecule has 0 aliphatic carbocycles. The monoisotopic (exact) mass is 381 g/mol. The smallest absolute Gasteiger partial charge is 0.276 e. The van der Waals surface area contributed by atoms with E-state index in [4.69, 9.17) is 23.2 Å². The Hall–Kier alpha value is -2.38. The molecule has 0 saturated heterocycles. The normalized spacial score (nSPS) is 10.9. The van der Waals surface area contributed by atoms with E-state index < -0.39 is 11.7 Å². The number of aromatic nitrogens is 4. The summed E-state index contributed by atoms with van der Waals surface area (Å²) in [5.74, 6) is -0.527. The first-order valence-corrected chi connectivity index (χ1v) is 8.09. The highest BCUT2D eigenvalue weighted by Gasteiger charge is 2.19. The first-order chi connectivity index (χ1) is 11.9. The Morgan fingerprint density at radius 2 is 2.04 bits per heavy atom. The maximum absolute atomic E-state index is 13.8. The molecule has 0 aliphatic heterocycles. The molecule has 25 heavy (non-hydrogen) atoms. The van der Waals surface area contributed by atoms with Gasteiger partial charge < -0.3 is 5.32 Å². The van der Waals surface area contributed by atoms with Gasteiger partial charge in [0.2, 0.25) is 0 Å². The highest BCUT2D eigenvalue weighted by molar-refractivity contribution is 6.34. The van der Waals surface area contributed by atoms with Crippen LogP contribution in [0.15, 0.2) is 30.5 Å². The molecule has 0 saturated carbocycles. The molecule has 2 heterocycles. The lowest BCUT2D eigenvalue weighted by Gasteiger charge is -2.06. The third-order valence-electron chi connectivity index (χ3n) is 3.63. The quantitative estimate of drug-likeness (QED) is 0.749. The fraction of sp³-hybridized carbons (Fsp3) is 0.188. The molecule has 2 aromatic heterocycles. The van der Waals surface area contributed by atoms with Gasteiger partial charge in [0.1, 0.15) is 11.5 Å². The van der Waals surface area contributed by atoms with Crippen LogP contribution in [0.25, 0.3) is 0 Å². The molecule has 1 amide bonds. The maximum Gasteiger partial charge on any atom is 0.276 e. The predicted molar refractivity (Wildman–Crippen MR) is 93.6 cm³/mol. The van der Waals surface area contributed by atoms with Gasteiger partial charge in [0, 0.05) is 29.9 Å². The topological polar surface area (TPSA) is 64.7 Å². The van der Waals surface area contributed by atoms with Gasteiger partial charge in [-0.25, -0.2) is 4.39 Å². The summed E-state index contributed by atoms with van der Waals surface area (Å²) in [5, 5.41) is 11.6. The molecule has 6 nitrogen and oxygen atoms in total. The molecule has 0 fully saturated rings. The predicted octanol–water partition coefficient (Wildman–Crippen LogP) is 3.67. The summed E-state index contributed by atoms with van der Waals surface area (Å²) >= 11 is 12.1. The van der Waals surface area contributed by atoms with Gasteiger partial charge in [0.15, 0.2) is 5.82 Å². The Kier molecular flexibility index (Phi) is 4.78. The maximum atomic E-state index is 13.8. The number of carbonyl (C=O) groups excluding carboxylic acids is 1. The van der Waals surface area contributed by atoms with Crippen LogP contribution in [0, 0.1) is 12.7 Å². The van der Waals surface area contributed by atoms with Gasteiger partial charge in [-0.3, -0.25) is 14.2 Å². The zero-order valence-corrected chi connectivity index (χ0v) is 14.9. The summed E-state index contributed by atoms with van der Waals surface area (Å²) in [6.07, 6.45) is 1.62. The summed E-state index contributed by atoms with van der Waals surface area (Å²) in [6, 6.07) is 6.08. The number of hydrogen-bond donors (Lipinski definition) is 1. The van der Waals surface area contributed by atoms with Gasteiger partial charge in [-0.1, -0.05) is 29.3 Å². The van der Waals surface area contributed by atoms with Gasteiger partial charge in [-0.05, 0) is 19.1 Å². The van der Waals surface area contributed by atoms with E-state index in [0.717, 1.165) is 0 Å². The van der Waals surface area contributed by atoms with Crippen molar-refractivity contribution in [2.75, 3.05) is 5.32 Å². The number of nitrogens with zero attached hydrogens (tertiary/aromatic N) is 4. The fourth-order valence-corrected chi connectivity index (χ4v) is 2.88. The van der Waals surface area contributed by atoms with Gasteiger partial charge in [0.25, 0.3) is 5.91 Å². The number of amides is 1. The summed E-state index contributed by atoms with van der Waals surface area (Å²) in [4.78, 5) is 12.4. The summed E-state index contributed by atoms with van der Waals surface area (Å²) < 4.78 is 16.7. The highest BCUT2D eigenvalue weighted by atomic mass is 35.5. The third-order valence-corrected chi connectivity index (χ3v) is 4.43.